The molecule has 0 aromatic carbocycles. The first-order valence-electron chi connectivity index (χ1n) is 3.01. The molecule has 1 aromatic rings. The lowest BCUT2D eigenvalue weighted by atomic mass is 10.3. The van der Waals surface area contributed by atoms with Crippen molar-refractivity contribution in [2.75, 3.05) is 0 Å². The molecule has 1 heterocycles. The van der Waals surface area contributed by atoms with Crippen LogP contribution in [0, 0.1) is 6.92 Å². The first-order chi connectivity index (χ1) is 4.74. The molecule has 2 N–H and O–H groups in total. The van der Waals surface area contributed by atoms with E-state index in [0.29, 0.717) is 0 Å². The molecule has 0 aliphatic heterocycles. The second-order valence-electron chi connectivity index (χ2n) is 2.11. The van der Waals surface area contributed by atoms with E-state index >= 15 is 0 Å². The number of carbonyl (C=O) groups is 1. The number of aryl methyl sites for hydroxylation is 1. The summed E-state index contributed by atoms with van der Waals surface area (Å²) >= 11 is 1.56. The van der Waals surface area contributed by atoms with Gasteiger partial charge in [0.1, 0.15) is 6.29 Å². The molecule has 0 bridgehead atoms. The Kier molecular flexibility index (Phi) is 2.19. The first kappa shape index (κ1) is 7.44. The Morgan fingerprint density at radius 1 is 1.70 bits per heavy atom. The van der Waals surface area contributed by atoms with Crippen molar-refractivity contribution >= 4 is 17.6 Å². The lowest BCUT2D eigenvalue weighted by Crippen LogP contribution is -2.08. The fourth-order valence-electron chi connectivity index (χ4n) is 0.700. The lowest BCUT2D eigenvalue weighted by molar-refractivity contribution is -0.108. The molecule has 0 spiro atoms. The van der Waals surface area contributed by atoms with Crippen LogP contribution in [0.2, 0.25) is 0 Å². The molecule has 1 atom stereocenters. The molecule has 0 saturated heterocycles. The third-order valence-electron chi connectivity index (χ3n) is 1.24. The Morgan fingerprint density at radius 3 is 2.80 bits per heavy atom. The molecule has 3 heteroatoms. The van der Waals surface area contributed by atoms with E-state index < -0.39 is 6.04 Å². The van der Waals surface area contributed by atoms with Crippen molar-refractivity contribution in [1.29, 1.82) is 0 Å². The van der Waals surface area contributed by atoms with Crippen molar-refractivity contribution < 1.29 is 4.79 Å². The number of hydrogen-bond acceptors (Lipinski definition) is 3. The number of rotatable bonds is 2. The van der Waals surface area contributed by atoms with Crippen LogP contribution in [0.3, 0.4) is 0 Å². The second-order valence-corrected chi connectivity index (χ2v) is 3.43. The average Bonchev–Trinajstić information content (AvgIpc) is 2.34. The maximum Gasteiger partial charge on any atom is 0.142 e. The molecule has 0 radical (unpaired) electrons. The molecule has 1 aromatic heterocycles. The van der Waals surface area contributed by atoms with E-state index in [-0.39, 0.29) is 0 Å². The highest BCUT2D eigenvalue weighted by Gasteiger charge is 2.04. The molecule has 1 rings (SSSR count). The fourth-order valence-corrected chi connectivity index (χ4v) is 1.54. The van der Waals surface area contributed by atoms with Gasteiger partial charge in [0.25, 0.3) is 0 Å². The Bertz CT molecular complexity index is 231. The Balaban J connectivity index is 2.84. The van der Waals surface area contributed by atoms with E-state index in [9.17, 15) is 4.79 Å². The summed E-state index contributed by atoms with van der Waals surface area (Å²) in [6.07, 6.45) is 0.755. The van der Waals surface area contributed by atoms with Gasteiger partial charge in [-0.25, -0.2) is 0 Å². The van der Waals surface area contributed by atoms with E-state index in [2.05, 4.69) is 0 Å². The summed E-state index contributed by atoms with van der Waals surface area (Å²) in [6.45, 7) is 1.99. The summed E-state index contributed by atoms with van der Waals surface area (Å²) in [6, 6.07) is 3.42. The van der Waals surface area contributed by atoms with Gasteiger partial charge in [-0.3, -0.25) is 0 Å². The van der Waals surface area contributed by atoms with Gasteiger partial charge in [-0.15, -0.1) is 11.3 Å². The zero-order valence-corrected chi connectivity index (χ0v) is 6.52. The van der Waals surface area contributed by atoms with Gasteiger partial charge in [0, 0.05) is 9.75 Å². The highest BCUT2D eigenvalue weighted by molar-refractivity contribution is 7.12. The normalized spacial score (nSPS) is 13.0. The van der Waals surface area contributed by atoms with Crippen molar-refractivity contribution in [3.63, 3.8) is 0 Å². The van der Waals surface area contributed by atoms with Gasteiger partial charge in [-0.2, -0.15) is 0 Å². The van der Waals surface area contributed by atoms with Crippen LogP contribution < -0.4 is 5.73 Å². The van der Waals surface area contributed by atoms with Crippen LogP contribution >= 0.6 is 11.3 Å². The van der Waals surface area contributed by atoms with Crippen molar-refractivity contribution in [1.82, 2.24) is 0 Å². The van der Waals surface area contributed by atoms with Crippen LogP contribution in [0.25, 0.3) is 0 Å². The smallest absolute Gasteiger partial charge is 0.142 e. The Hall–Kier alpha value is -0.670. The van der Waals surface area contributed by atoms with Crippen molar-refractivity contribution in [2.45, 2.75) is 13.0 Å². The third-order valence-corrected chi connectivity index (χ3v) is 2.34. The van der Waals surface area contributed by atoms with Crippen LogP contribution in [0.4, 0.5) is 0 Å². The van der Waals surface area contributed by atoms with Gasteiger partial charge in [-0.05, 0) is 19.1 Å². The van der Waals surface area contributed by atoms with Crippen LogP contribution in [0.1, 0.15) is 15.8 Å². The molecular formula is C7H9NOS. The van der Waals surface area contributed by atoms with E-state index in [4.69, 9.17) is 5.73 Å². The number of nitrogens with two attached hydrogens (primary N) is 1. The van der Waals surface area contributed by atoms with Gasteiger partial charge in [-0.1, -0.05) is 0 Å². The molecular weight excluding hydrogens is 146 g/mol. The minimum atomic E-state index is -0.432. The van der Waals surface area contributed by atoms with E-state index in [1.807, 2.05) is 19.1 Å². The summed E-state index contributed by atoms with van der Waals surface area (Å²) < 4.78 is 0. The summed E-state index contributed by atoms with van der Waals surface area (Å²) in [5.74, 6) is 0. The lowest BCUT2D eigenvalue weighted by Gasteiger charge is -1.95. The highest BCUT2D eigenvalue weighted by Crippen LogP contribution is 2.19. The topological polar surface area (TPSA) is 43.1 Å². The van der Waals surface area contributed by atoms with Crippen LogP contribution in [-0.2, 0) is 4.79 Å². The van der Waals surface area contributed by atoms with Gasteiger partial charge in [0.05, 0.1) is 6.04 Å². The van der Waals surface area contributed by atoms with E-state index in [1.54, 1.807) is 11.3 Å². The predicted molar refractivity (Wildman–Crippen MR) is 42.0 cm³/mol. The number of aldehydes is 1. The summed E-state index contributed by atoms with van der Waals surface area (Å²) in [4.78, 5) is 12.3. The number of hydrogen-bond donors (Lipinski definition) is 1. The molecule has 2 nitrogen and oxygen atoms in total. The largest absolute Gasteiger partial charge is 0.317 e. The maximum absolute atomic E-state index is 10.2. The summed E-state index contributed by atoms with van der Waals surface area (Å²) in [5, 5.41) is 0. The van der Waals surface area contributed by atoms with Crippen LogP contribution in [0.5, 0.6) is 0 Å². The van der Waals surface area contributed by atoms with E-state index in [1.165, 1.54) is 4.88 Å². The minimum absolute atomic E-state index is 0.432. The zero-order chi connectivity index (χ0) is 7.56. The zero-order valence-electron chi connectivity index (χ0n) is 5.70. The molecule has 0 amide bonds. The summed E-state index contributed by atoms with van der Waals surface area (Å²) in [5.41, 5.74) is 5.45. The van der Waals surface area contributed by atoms with Gasteiger partial charge >= 0.3 is 0 Å². The maximum atomic E-state index is 10.2. The van der Waals surface area contributed by atoms with Crippen molar-refractivity contribution in [3.05, 3.63) is 21.9 Å². The quantitative estimate of drug-likeness (QED) is 0.653. The average molecular weight is 155 g/mol. The standard InChI is InChI=1S/C7H9NOS/c1-5-2-3-7(10-5)6(8)4-9/h2-4,6H,8H2,1H3. The summed E-state index contributed by atoms with van der Waals surface area (Å²) in [7, 11) is 0. The predicted octanol–water partition coefficient (Wildman–Crippen LogP) is 1.26. The van der Waals surface area contributed by atoms with E-state index in [0.717, 1.165) is 11.2 Å². The number of thiophene rings is 1. The van der Waals surface area contributed by atoms with Gasteiger partial charge in [0.15, 0.2) is 0 Å². The molecule has 0 aliphatic carbocycles. The fraction of sp³-hybridized carbons (Fsp3) is 0.286. The molecule has 1 unspecified atom stereocenters. The Morgan fingerprint density at radius 2 is 2.40 bits per heavy atom. The first-order valence-corrected chi connectivity index (χ1v) is 3.83. The molecule has 0 saturated carbocycles. The minimum Gasteiger partial charge on any atom is -0.317 e. The molecule has 0 aliphatic rings. The van der Waals surface area contributed by atoms with Crippen molar-refractivity contribution in [2.24, 2.45) is 5.73 Å². The second kappa shape index (κ2) is 2.94. The SMILES string of the molecule is Cc1ccc(C(N)C=O)s1. The molecule has 10 heavy (non-hydrogen) atoms. The third kappa shape index (κ3) is 1.43. The van der Waals surface area contributed by atoms with Crippen molar-refractivity contribution in [3.8, 4) is 0 Å². The van der Waals surface area contributed by atoms with Gasteiger partial charge < -0.3 is 10.5 Å². The Labute approximate surface area is 63.7 Å². The molecule has 0 fully saturated rings. The van der Waals surface area contributed by atoms with Crippen LogP contribution in [0.15, 0.2) is 12.1 Å². The monoisotopic (exact) mass is 155 g/mol. The van der Waals surface area contributed by atoms with Crippen LogP contribution in [-0.4, -0.2) is 6.29 Å². The van der Waals surface area contributed by atoms with Gasteiger partial charge in [0.2, 0.25) is 0 Å². The molecule has 54 valence electrons. The number of carbonyl (C=O) groups excluding carboxylic acids is 1. The highest BCUT2D eigenvalue weighted by atomic mass is 32.1.